The van der Waals surface area contributed by atoms with Crippen molar-refractivity contribution in [3.8, 4) is 34.9 Å². The van der Waals surface area contributed by atoms with Crippen LogP contribution in [-0.4, -0.2) is 207 Å². The first-order valence-corrected chi connectivity index (χ1v) is 57.6. The third-order valence-electron chi connectivity index (χ3n) is 28.2. The Morgan fingerprint density at radius 1 is 0.440 bits per heavy atom. The van der Waals surface area contributed by atoms with E-state index in [-0.39, 0.29) is 99.2 Å². The lowest BCUT2D eigenvalue weighted by molar-refractivity contribution is -0.0824. The molecule has 0 bridgehead atoms. The zero-order chi connectivity index (χ0) is 111. The van der Waals surface area contributed by atoms with Crippen LogP contribution >= 0.6 is 0 Å². The Kier molecular flexibility index (Phi) is 44.3. The molecule has 29 nitrogen and oxygen atoms in total. The number of methoxy groups -OCH3 is 6. The third-order valence-corrected chi connectivity index (χ3v) is 30.6. The van der Waals surface area contributed by atoms with E-state index in [0.29, 0.717) is 155 Å². The maximum atomic E-state index is 14.9. The summed E-state index contributed by atoms with van der Waals surface area (Å²) in [6.45, 7) is 7.49. The number of aliphatic hydroxyl groups is 3. The van der Waals surface area contributed by atoms with E-state index < -0.39 is 99.2 Å². The number of rotatable bonds is 40. The van der Waals surface area contributed by atoms with Crippen molar-refractivity contribution < 1.29 is 127 Å². The maximum absolute atomic E-state index is 14.9. The molecule has 6 aromatic heterocycles. The molecule has 1 spiro atoms. The van der Waals surface area contributed by atoms with E-state index in [2.05, 4.69) is 86.1 Å². The van der Waals surface area contributed by atoms with Gasteiger partial charge in [-0.1, -0.05) is 97.9 Å². The number of aryl methyl sites for hydroxylation is 1. The van der Waals surface area contributed by atoms with Crippen LogP contribution in [0.15, 0.2) is 128 Å². The number of aromatic nitrogens is 6. The predicted molar refractivity (Wildman–Crippen MR) is 566 cm³/mol. The van der Waals surface area contributed by atoms with Gasteiger partial charge >= 0.3 is 0 Å². The molecule has 14 rings (SSSR count). The zero-order valence-electron chi connectivity index (χ0n) is 87.9. The Bertz CT molecular complexity index is 6260. The lowest BCUT2D eigenvalue weighted by Crippen LogP contribution is -2.35. The molecule has 7 fully saturated rings. The fourth-order valence-corrected chi connectivity index (χ4v) is 21.0. The van der Waals surface area contributed by atoms with Gasteiger partial charge in [0.2, 0.25) is 81.4 Å². The molecule has 7 aromatic rings. The monoisotopic (exact) mass is 2180 g/mol. The molecule has 7 saturated carbocycles. The summed E-state index contributed by atoms with van der Waals surface area (Å²) in [6, 6.07) is 18.6. The number of nitrogens with zero attached hydrogens (tertiary/aromatic N) is 6. The number of benzene rings is 1. The average Bonchev–Trinajstić information content (AvgIpc) is 1.60. The molecule has 2 atom stereocenters. The minimum absolute atomic E-state index is 0.0133. The Morgan fingerprint density at radius 2 is 0.833 bits per heavy atom. The Balaban J connectivity index is 0.000000200. The van der Waals surface area contributed by atoms with Crippen molar-refractivity contribution >= 4 is 105 Å². The molecule has 7 aliphatic carbocycles. The number of carbonyl (C=O) groups is 2. The van der Waals surface area contributed by atoms with E-state index in [1.54, 1.807) is 57.9 Å². The minimum Gasteiger partial charge on any atom is -0.495 e. The summed E-state index contributed by atoms with van der Waals surface area (Å²) in [5.74, 6) is -8.45. The number of hydrogen-bond donors (Lipinski definition) is 7. The summed E-state index contributed by atoms with van der Waals surface area (Å²) in [4.78, 5) is 49.3. The fraction of sp³-hybridized carbons (Fsp3) is 0.556. The number of anilines is 4. The molecular formula is C108H145F9N10O19S4. The highest BCUT2D eigenvalue weighted by atomic mass is 32.2. The first-order chi connectivity index (χ1) is 70.3. The molecule has 1 aromatic carbocycles. The highest BCUT2D eigenvalue weighted by molar-refractivity contribution is 7.92. The van der Waals surface area contributed by atoms with Crippen LogP contribution in [0, 0.1) is 65.6 Å². The summed E-state index contributed by atoms with van der Waals surface area (Å²) in [5.41, 5.74) is 7.71. The highest BCUT2D eigenvalue weighted by Crippen LogP contribution is 2.64. The Labute approximate surface area is 876 Å². The minimum atomic E-state index is -3.50. The van der Waals surface area contributed by atoms with Crippen molar-refractivity contribution in [1.29, 1.82) is 0 Å². The van der Waals surface area contributed by atoms with Gasteiger partial charge in [0, 0.05) is 76.5 Å². The summed E-state index contributed by atoms with van der Waals surface area (Å²) in [7, 11) is -4.53. The number of hydrogen-bond acceptors (Lipinski definition) is 25. The normalized spacial score (nSPS) is 21.8. The summed E-state index contributed by atoms with van der Waals surface area (Å²) in [6.07, 6.45) is 45.1. The molecule has 0 unspecified atom stereocenters. The number of pyridine rings is 6. The second-order valence-electron chi connectivity index (χ2n) is 40.8. The van der Waals surface area contributed by atoms with E-state index in [1.807, 2.05) is 49.4 Å². The van der Waals surface area contributed by atoms with Gasteiger partial charge in [-0.2, -0.15) is 0 Å². The number of carbonyl (C=O) groups excluding carboxylic acids is 2. The van der Waals surface area contributed by atoms with Gasteiger partial charge in [-0.3, -0.25) is 28.5 Å². The molecule has 0 amide bonds. The lowest BCUT2D eigenvalue weighted by Gasteiger charge is -2.37. The smallest absolute Gasteiger partial charge is 0.248 e. The first kappa shape index (κ1) is 123. The van der Waals surface area contributed by atoms with E-state index >= 15 is 0 Å². The van der Waals surface area contributed by atoms with E-state index in [0.717, 1.165) is 102 Å². The molecular weight excluding hydrogens is 2040 g/mol. The number of nitrogens with one attached hydrogen (secondary N) is 4. The zero-order valence-corrected chi connectivity index (χ0v) is 91.2. The number of sulfonamides is 4. The van der Waals surface area contributed by atoms with Crippen LogP contribution in [0.5, 0.6) is 34.9 Å². The molecule has 828 valence electrons. The van der Waals surface area contributed by atoms with Gasteiger partial charge in [0.1, 0.15) is 40.1 Å². The third kappa shape index (κ3) is 39.7. The SMILES string of the molecule is CC[C@H](CO)CC(=O)c1cc(/C=C/C2CCC(C(C)(F)F)CC2)c(OC)cn1.COc1cnc(C(=O)CC[C@H](O)CO)cc1/C=C/C1CC2(CC2)C1.COc1cnc(NS(C)(=O)=O)cc1/C=C/C1(F)CCC(C(C)(F)F)CC1.COc1ncc(NS(C)(=O)=O)cc1/C=C/C1CC(C(C)(F)F)C1.COc1ncc(NS(C)(=O)=O)cc1/C=C/C1CCC(C(C)(F)F)CC1.COc1ncc(NS(C)(=O)=O)cc1C1CC(c2ccc(C)cc2)C1. The second kappa shape index (κ2) is 54.1. The van der Waals surface area contributed by atoms with Crippen molar-refractivity contribution in [1.82, 2.24) is 29.9 Å². The average molecular weight is 2190 g/mol. The topological polar surface area (TPSA) is 412 Å². The summed E-state index contributed by atoms with van der Waals surface area (Å²) in [5, 5.41) is 27.5. The van der Waals surface area contributed by atoms with E-state index in [9.17, 15) is 93.0 Å². The Hall–Kier alpha value is -10.8. The van der Waals surface area contributed by atoms with E-state index in [4.69, 9.17) is 33.5 Å². The van der Waals surface area contributed by atoms with E-state index in [1.165, 1.54) is 107 Å². The van der Waals surface area contributed by atoms with Gasteiger partial charge in [0.15, 0.2) is 11.6 Å². The van der Waals surface area contributed by atoms with Gasteiger partial charge < -0.3 is 43.7 Å². The quantitative estimate of drug-likeness (QED) is 0.0138. The van der Waals surface area contributed by atoms with Crippen LogP contribution in [0.3, 0.4) is 0 Å². The Morgan fingerprint density at radius 3 is 1.23 bits per heavy atom. The van der Waals surface area contributed by atoms with Crippen LogP contribution in [0.25, 0.3) is 30.4 Å². The van der Waals surface area contributed by atoms with Gasteiger partial charge in [-0.05, 0) is 264 Å². The van der Waals surface area contributed by atoms with Gasteiger partial charge in [0.25, 0.3) is 0 Å². The highest BCUT2D eigenvalue weighted by Gasteiger charge is 2.52. The maximum Gasteiger partial charge on any atom is 0.248 e. The summed E-state index contributed by atoms with van der Waals surface area (Å²) >= 11 is 0. The van der Waals surface area contributed by atoms with Crippen LogP contribution < -0.4 is 47.3 Å². The molecule has 0 aliphatic heterocycles. The first-order valence-electron chi connectivity index (χ1n) is 50.1. The molecule has 7 aliphatic rings. The molecule has 150 heavy (non-hydrogen) atoms. The van der Waals surface area contributed by atoms with Gasteiger partial charge in [-0.25, -0.2) is 103 Å². The molecule has 42 heteroatoms. The van der Waals surface area contributed by atoms with Crippen molar-refractivity contribution in [3.05, 3.63) is 184 Å². The molecule has 6 heterocycles. The number of ketones is 2. The van der Waals surface area contributed by atoms with Crippen LogP contribution in [0.2, 0.25) is 0 Å². The molecule has 7 N–H and O–H groups in total. The van der Waals surface area contributed by atoms with Crippen LogP contribution in [-0.2, 0) is 40.1 Å². The lowest BCUT2D eigenvalue weighted by atomic mass is 9.68. The van der Waals surface area contributed by atoms with Crippen molar-refractivity contribution in [2.24, 2.45) is 58.7 Å². The number of aliphatic hydroxyl groups excluding tert-OH is 3. The second-order valence-corrected chi connectivity index (χ2v) is 47.8. The fourth-order valence-electron chi connectivity index (χ4n) is 18.9. The number of allylic oxidation sites excluding steroid dienone is 5. The predicted octanol–water partition coefficient (Wildman–Crippen LogP) is 22.3. The number of alkyl halides is 9. The molecule has 0 radical (unpaired) electrons. The number of ether oxygens (including phenoxy) is 6. The van der Waals surface area contributed by atoms with Crippen LogP contribution in [0.4, 0.5) is 62.4 Å². The van der Waals surface area contributed by atoms with Crippen molar-refractivity contribution in [3.63, 3.8) is 0 Å². The largest absolute Gasteiger partial charge is 0.495 e. The van der Waals surface area contributed by atoms with Crippen molar-refractivity contribution in [2.75, 3.05) is 99.8 Å². The number of Topliss-reactive ketones (excluding diaryl/α,β-unsaturated/α-hetero) is 2. The molecule has 0 saturated heterocycles. The summed E-state index contributed by atoms with van der Waals surface area (Å²) < 4.78 is 253. The standard InChI is InChI=1S/C22H31F2NO3.C19H25NO4.C18H22N2O3S.C17H23F3N2O3S.C17H24F2N2O3S.C15H20F2N2O3S/c1-4-15(14-26)11-20(27)19-12-17(21(28-3)13-25-19)8-5-16-6-9-18(10-7-16)22(2,23)24;1-24-18-11-20-16(17(23)5-4-15(22)12-21)8-14(18)3-2-13-9-19(10-13)6-7-19;1-12-4-6-13(7-5-12)14-8-15(9-14)17-10-16(20-24(3,21)22)11-19-18(17)23-2;1-16(18,19)13-5-8-17(20,9-6-13)7-4-12-10-15(22-26(3,23)24)21-11-14(12)25-2;1-17(18,19)14-8-5-12(6-9-14)4-7-13-10-15(21-25(3,22)23)11-20-16(13)24-2;1-15(16,17)12-6-10(7-12)4-5-11-8-13(19-23(3,20)21)9-18-14(11)22-2/h5,8,12-13,15-16,18,26H,4,6-7,9-11,14H2,1-3H3;2-3,8,11,13,15,21-22H,4-7,9-10,12H2,1H3;4-7,10-11,14-15,20H,8-9H2,1-3H3;4,7,10-11,13H,5-6,8-9H2,1-3H3,(H,21,22);4,7,10-12,14,21H,5-6,8-9H2,1-3H3;4-5,8-10,12,19H,6-7H2,1-3H3/b8-5+;3-2+;;2*7-4+;5-4+/t15-,16?,18?;15-;;;;/m00..../s1. The van der Waals surface area contributed by atoms with Crippen LogP contribution in [0.1, 0.15) is 266 Å². The van der Waals surface area contributed by atoms with Gasteiger partial charge in [0.05, 0.1) is 135 Å². The van der Waals surface area contributed by atoms with Gasteiger partial charge in [-0.15, -0.1) is 0 Å². The van der Waals surface area contributed by atoms with Crippen molar-refractivity contribution in [2.45, 2.75) is 243 Å². The number of halogens is 9.